The van der Waals surface area contributed by atoms with Gasteiger partial charge in [-0.25, -0.2) is 4.79 Å². The summed E-state index contributed by atoms with van der Waals surface area (Å²) in [6.45, 7) is 0.868. The molecule has 2 aromatic carbocycles. The third-order valence-electron chi connectivity index (χ3n) is 4.06. The highest BCUT2D eigenvalue weighted by molar-refractivity contribution is 7.85. The molecule has 0 fully saturated rings. The van der Waals surface area contributed by atoms with E-state index in [0.29, 0.717) is 0 Å². The number of esters is 1. The Morgan fingerprint density at radius 2 is 1.72 bits per heavy atom. The van der Waals surface area contributed by atoms with E-state index in [9.17, 15) is 23.9 Å². The van der Waals surface area contributed by atoms with Crippen LogP contribution in [0.1, 0.15) is 12.5 Å². The smallest absolute Gasteiger partial charge is 0.497 e. The first-order chi connectivity index (χ1) is 15.3. The van der Waals surface area contributed by atoms with Crippen LogP contribution in [-0.4, -0.2) is 59.5 Å². The lowest BCUT2D eigenvalue weighted by Crippen LogP contribution is -2.23. The molecule has 0 saturated carbocycles. The molecule has 2 unspecified atom stereocenters. The number of rotatable bonds is 12. The van der Waals surface area contributed by atoms with Crippen LogP contribution in [0.15, 0.2) is 36.4 Å². The maximum atomic E-state index is 12.0. The van der Waals surface area contributed by atoms with Crippen molar-refractivity contribution < 1.29 is 42.7 Å². The number of ether oxygens (including phenoxy) is 4. The second kappa shape index (κ2) is 12.4. The van der Waals surface area contributed by atoms with E-state index in [1.165, 1.54) is 0 Å². The summed E-state index contributed by atoms with van der Waals surface area (Å²) in [4.78, 5) is 37.4. The van der Waals surface area contributed by atoms with Crippen molar-refractivity contribution in [3.05, 3.63) is 52.1 Å². The Kier molecular flexibility index (Phi) is 9.67. The molecule has 2 atom stereocenters. The van der Waals surface area contributed by atoms with Crippen LogP contribution in [0.3, 0.4) is 0 Å². The molecule has 0 radical (unpaired) electrons. The van der Waals surface area contributed by atoms with Crippen molar-refractivity contribution in [1.29, 1.82) is 0 Å². The van der Waals surface area contributed by atoms with Gasteiger partial charge in [-0.05, 0) is 35.4 Å². The Labute approximate surface area is 186 Å². The van der Waals surface area contributed by atoms with Gasteiger partial charge in [-0.3, -0.25) is 13.8 Å². The van der Waals surface area contributed by atoms with Crippen LogP contribution in [0, 0.1) is 10.1 Å². The van der Waals surface area contributed by atoms with Crippen molar-refractivity contribution in [2.24, 2.45) is 0 Å². The molecule has 2 aromatic rings. The van der Waals surface area contributed by atoms with Gasteiger partial charge >= 0.3 is 12.1 Å². The zero-order valence-corrected chi connectivity index (χ0v) is 18.3. The van der Waals surface area contributed by atoms with Crippen molar-refractivity contribution in [3.63, 3.8) is 0 Å². The van der Waals surface area contributed by atoms with Gasteiger partial charge in [-0.1, -0.05) is 24.3 Å². The van der Waals surface area contributed by atoms with Gasteiger partial charge in [-0.15, -0.1) is 10.1 Å². The number of hydrogen-bond donors (Lipinski definition) is 0. The number of carbonyl (C=O) groups excluding carboxylic acids is 2. The van der Waals surface area contributed by atoms with Crippen molar-refractivity contribution in [1.82, 2.24) is 0 Å². The third-order valence-corrected chi connectivity index (χ3v) is 5.31. The average Bonchev–Trinajstić information content (AvgIpc) is 2.72. The highest BCUT2D eigenvalue weighted by Gasteiger charge is 2.14. The average molecular weight is 469 g/mol. The summed E-state index contributed by atoms with van der Waals surface area (Å²) < 4.78 is 31.3. The van der Waals surface area contributed by atoms with Gasteiger partial charge in [0.25, 0.3) is 5.09 Å². The highest BCUT2D eigenvalue weighted by atomic mass is 32.2. The molecule has 0 aromatic heterocycles. The van der Waals surface area contributed by atoms with Gasteiger partial charge in [-0.2, -0.15) is 0 Å². The molecule has 174 valence electrons. The molecular formula is C20H23NO10S. The largest absolute Gasteiger partial charge is 0.510 e. The molecular weight excluding hydrogens is 446 g/mol. The Bertz CT molecular complexity index is 980. The van der Waals surface area contributed by atoms with Crippen LogP contribution in [0.2, 0.25) is 0 Å². The summed E-state index contributed by atoms with van der Waals surface area (Å²) in [5.41, 5.74) is 0.788. The summed E-state index contributed by atoms with van der Waals surface area (Å²) in [5.74, 6) is 0.362. The Balaban J connectivity index is 1.65. The molecule has 0 aliphatic carbocycles. The summed E-state index contributed by atoms with van der Waals surface area (Å²) >= 11 is 0. The topological polar surface area (TPSA) is 141 Å². The number of carbonyl (C=O) groups is 2. The van der Waals surface area contributed by atoms with E-state index in [4.69, 9.17) is 9.47 Å². The minimum Gasteiger partial charge on any atom is -0.497 e. The third kappa shape index (κ3) is 8.76. The second-order valence-electron chi connectivity index (χ2n) is 6.41. The number of benzene rings is 2. The van der Waals surface area contributed by atoms with Gasteiger partial charge in [0.05, 0.1) is 25.0 Å². The predicted octanol–water partition coefficient (Wildman–Crippen LogP) is 2.39. The first-order valence-electron chi connectivity index (χ1n) is 9.48. The lowest BCUT2D eigenvalue weighted by atomic mass is 10.0. The molecule has 2 rings (SSSR count). The second-order valence-corrected chi connectivity index (χ2v) is 8.10. The summed E-state index contributed by atoms with van der Waals surface area (Å²) in [6.07, 6.45) is -2.53. The molecule has 0 amide bonds. The number of methoxy groups -OCH3 is 1. The quantitative estimate of drug-likeness (QED) is 0.197. The molecule has 0 N–H and O–H groups in total. The van der Waals surface area contributed by atoms with E-state index < -0.39 is 34.3 Å². The Morgan fingerprint density at radius 3 is 2.41 bits per heavy atom. The van der Waals surface area contributed by atoms with Gasteiger partial charge in [0.2, 0.25) is 6.29 Å². The zero-order chi connectivity index (χ0) is 23.5. The van der Waals surface area contributed by atoms with Crippen LogP contribution in [0.4, 0.5) is 4.79 Å². The normalized spacial score (nSPS) is 12.4. The van der Waals surface area contributed by atoms with Crippen LogP contribution >= 0.6 is 0 Å². The molecule has 0 aliphatic heterocycles. The number of nitrogens with zero attached hydrogens (tertiary/aromatic N) is 1. The Morgan fingerprint density at radius 1 is 1.06 bits per heavy atom. The fourth-order valence-corrected chi connectivity index (χ4v) is 3.35. The molecule has 0 heterocycles. The SMILES string of the molecule is COc1ccc2cc(CC(=O)OCCS(=O)CCOC(=O)OC(C)O[N+](=O)[O-])ccc2c1. The molecule has 11 nitrogen and oxygen atoms in total. The lowest BCUT2D eigenvalue weighted by Gasteiger charge is -2.10. The fraction of sp³-hybridized carbons (Fsp3) is 0.400. The summed E-state index contributed by atoms with van der Waals surface area (Å²) in [7, 11) is 0.191. The van der Waals surface area contributed by atoms with E-state index >= 15 is 0 Å². The van der Waals surface area contributed by atoms with Crippen molar-refractivity contribution in [2.75, 3.05) is 31.8 Å². The van der Waals surface area contributed by atoms with E-state index in [2.05, 4.69) is 14.3 Å². The van der Waals surface area contributed by atoms with E-state index in [1.807, 2.05) is 36.4 Å². The zero-order valence-electron chi connectivity index (χ0n) is 17.5. The maximum Gasteiger partial charge on any atom is 0.510 e. The van der Waals surface area contributed by atoms with Gasteiger partial charge in [0.15, 0.2) is 0 Å². The standard InChI is InChI=1S/C20H23NO10S/c1-14(31-21(24)25)30-20(23)29-8-10-32(26)9-7-28-19(22)12-15-3-4-17-13-18(27-2)6-5-16(17)11-15/h3-6,11,13-14H,7-10,12H2,1-2H3. The van der Waals surface area contributed by atoms with Crippen LogP contribution in [0.25, 0.3) is 10.8 Å². The maximum absolute atomic E-state index is 12.0. The molecule has 0 saturated heterocycles. The van der Waals surface area contributed by atoms with Gasteiger partial charge < -0.3 is 18.9 Å². The molecule has 0 bridgehead atoms. The van der Waals surface area contributed by atoms with Crippen molar-refractivity contribution in [3.8, 4) is 5.75 Å². The van der Waals surface area contributed by atoms with Crippen molar-refractivity contribution >= 4 is 33.7 Å². The van der Waals surface area contributed by atoms with Crippen LogP contribution in [-0.2, 0) is 41.1 Å². The Hall–Kier alpha value is -3.41. The van der Waals surface area contributed by atoms with Gasteiger partial charge in [0.1, 0.15) is 19.0 Å². The molecule has 12 heteroatoms. The van der Waals surface area contributed by atoms with E-state index in [0.717, 1.165) is 29.0 Å². The van der Waals surface area contributed by atoms with Gasteiger partial charge in [0, 0.05) is 10.8 Å². The number of fused-ring (bicyclic) bond motifs is 1. The molecule has 0 aliphatic rings. The van der Waals surface area contributed by atoms with Crippen LogP contribution < -0.4 is 4.74 Å². The fourth-order valence-electron chi connectivity index (χ4n) is 2.61. The van der Waals surface area contributed by atoms with Crippen molar-refractivity contribution in [2.45, 2.75) is 19.6 Å². The minimum absolute atomic E-state index is 0.00867. The van der Waals surface area contributed by atoms with Crippen LogP contribution in [0.5, 0.6) is 5.75 Å². The minimum atomic E-state index is -1.42. The predicted molar refractivity (Wildman–Crippen MR) is 113 cm³/mol. The molecule has 0 spiro atoms. The monoisotopic (exact) mass is 469 g/mol. The molecule has 32 heavy (non-hydrogen) atoms. The first kappa shape index (κ1) is 24.9. The first-order valence-corrected chi connectivity index (χ1v) is 11.0. The van der Waals surface area contributed by atoms with E-state index in [1.54, 1.807) is 7.11 Å². The highest BCUT2D eigenvalue weighted by Crippen LogP contribution is 2.22. The lowest BCUT2D eigenvalue weighted by molar-refractivity contribution is -0.777. The van der Waals surface area contributed by atoms with E-state index in [-0.39, 0.29) is 31.1 Å². The number of hydrogen-bond acceptors (Lipinski definition) is 10. The summed E-state index contributed by atoms with van der Waals surface area (Å²) in [6, 6.07) is 11.3. The summed E-state index contributed by atoms with van der Waals surface area (Å²) in [5, 5.41) is 10.9.